The van der Waals surface area contributed by atoms with Gasteiger partial charge in [-0.1, -0.05) is 45.1 Å². The topological polar surface area (TPSA) is 87.2 Å². The number of hydrogen-bond donors (Lipinski definition) is 1. The zero-order chi connectivity index (χ0) is 27.2. The van der Waals surface area contributed by atoms with Crippen LogP contribution in [0, 0.1) is 17.3 Å². The van der Waals surface area contributed by atoms with Gasteiger partial charge < -0.3 is 19.6 Å². The second-order valence-electron chi connectivity index (χ2n) is 13.1. The second kappa shape index (κ2) is 10.1. The summed E-state index contributed by atoms with van der Waals surface area (Å²) in [6.45, 7) is 13.7. The Labute approximate surface area is 226 Å². The molecule has 4 aliphatic heterocycles. The summed E-state index contributed by atoms with van der Waals surface area (Å²) in [4.78, 5) is 45.8. The maximum Gasteiger partial charge on any atom is 0.311 e. The van der Waals surface area contributed by atoms with E-state index in [2.05, 4.69) is 46.8 Å². The van der Waals surface area contributed by atoms with E-state index < -0.39 is 32.9 Å². The Hall–Kier alpha value is -1.80. The third-order valence-electron chi connectivity index (χ3n) is 8.25. The zero-order valence-corrected chi connectivity index (χ0v) is 24.1. The number of aliphatic hydroxyl groups excluding tert-OH is 1. The van der Waals surface area contributed by atoms with Crippen LogP contribution in [0.15, 0.2) is 24.3 Å². The Balaban J connectivity index is 1.83. The Bertz CT molecular complexity index is 985. The second-order valence-corrected chi connectivity index (χ2v) is 14.9. The molecule has 0 bridgehead atoms. The van der Waals surface area contributed by atoms with Crippen LogP contribution < -0.4 is 0 Å². The van der Waals surface area contributed by atoms with Crippen molar-refractivity contribution < 1.29 is 24.2 Å². The van der Waals surface area contributed by atoms with E-state index in [1.807, 2.05) is 24.0 Å². The SMILES string of the molecule is CC(C)(C)CC(C)(C)N1CC=C[C@]23S[C@]4(C)/C=C\CCCCOC(=O)[C@@H]4[C@H]2C(=O)N(CCCO)C3C1=O. The lowest BCUT2D eigenvalue weighted by molar-refractivity contribution is -0.154. The van der Waals surface area contributed by atoms with E-state index in [1.165, 1.54) is 0 Å². The molecule has 4 heterocycles. The van der Waals surface area contributed by atoms with Crippen molar-refractivity contribution in [1.29, 1.82) is 0 Å². The van der Waals surface area contributed by atoms with Crippen LogP contribution in [-0.4, -0.2) is 80.1 Å². The van der Waals surface area contributed by atoms with Gasteiger partial charge in [-0.25, -0.2) is 0 Å². The number of likely N-dealkylation sites (tertiary alicyclic amines) is 1. The van der Waals surface area contributed by atoms with Crippen molar-refractivity contribution in [3.63, 3.8) is 0 Å². The highest BCUT2D eigenvalue weighted by Gasteiger charge is 2.74. The standard InChI is InChI=1S/C29H44N2O5S/c1-26(2,3)19-27(4,5)31-16-11-14-29-20(23(33)30(15-12-17-32)22(29)24(31)34)21-25(35)36-18-10-8-7-9-13-28(21,6)37-29/h9,11,13-14,20-22,32H,7-8,10,12,15-19H2,1-6H3/b13-9-/t20-,21-,22?,28+,29-/m0/s1. The Morgan fingerprint density at radius 2 is 1.78 bits per heavy atom. The summed E-state index contributed by atoms with van der Waals surface area (Å²) in [6, 6.07) is -0.741. The Morgan fingerprint density at radius 1 is 1.05 bits per heavy atom. The van der Waals surface area contributed by atoms with Crippen LogP contribution >= 0.6 is 11.8 Å². The van der Waals surface area contributed by atoms with Gasteiger partial charge >= 0.3 is 5.97 Å². The molecule has 0 aliphatic carbocycles. The van der Waals surface area contributed by atoms with Crippen LogP contribution in [0.4, 0.5) is 0 Å². The van der Waals surface area contributed by atoms with Gasteiger partial charge in [0, 0.05) is 30.0 Å². The predicted molar refractivity (Wildman–Crippen MR) is 146 cm³/mol. The molecule has 206 valence electrons. The highest BCUT2D eigenvalue weighted by molar-refractivity contribution is 8.02. The highest BCUT2D eigenvalue weighted by atomic mass is 32.2. The van der Waals surface area contributed by atoms with Crippen LogP contribution in [-0.2, 0) is 19.1 Å². The first-order valence-corrected chi connectivity index (χ1v) is 14.5. The Morgan fingerprint density at radius 3 is 2.46 bits per heavy atom. The molecule has 1 unspecified atom stereocenters. The number of allylic oxidation sites excluding steroid dienone is 1. The summed E-state index contributed by atoms with van der Waals surface area (Å²) in [5, 5.41) is 9.60. The van der Waals surface area contributed by atoms with Crippen LogP contribution in [0.5, 0.6) is 0 Å². The molecule has 5 atom stereocenters. The van der Waals surface area contributed by atoms with Gasteiger partial charge in [-0.2, -0.15) is 0 Å². The molecule has 37 heavy (non-hydrogen) atoms. The van der Waals surface area contributed by atoms with Crippen LogP contribution in [0.1, 0.15) is 73.6 Å². The highest BCUT2D eigenvalue weighted by Crippen LogP contribution is 2.65. The average molecular weight is 533 g/mol. The third kappa shape index (κ3) is 5.00. The molecule has 0 aromatic carbocycles. The molecule has 2 fully saturated rings. The molecule has 2 amide bonds. The van der Waals surface area contributed by atoms with Gasteiger partial charge in [-0.05, 0) is 58.3 Å². The number of thioether (sulfide) groups is 1. The molecule has 4 aliphatic rings. The monoisotopic (exact) mass is 532 g/mol. The molecular formula is C29H44N2O5S. The number of cyclic esters (lactones) is 1. The van der Waals surface area contributed by atoms with Crippen molar-refractivity contribution in [2.24, 2.45) is 17.3 Å². The van der Waals surface area contributed by atoms with E-state index >= 15 is 0 Å². The molecule has 8 heteroatoms. The van der Waals surface area contributed by atoms with E-state index in [1.54, 1.807) is 16.7 Å². The number of rotatable bonds is 5. The summed E-state index contributed by atoms with van der Waals surface area (Å²) >= 11 is 1.58. The van der Waals surface area contributed by atoms with Crippen molar-refractivity contribution in [2.75, 3.05) is 26.3 Å². The summed E-state index contributed by atoms with van der Waals surface area (Å²) in [5.41, 5.74) is -0.423. The fourth-order valence-corrected chi connectivity index (χ4v) is 9.37. The van der Waals surface area contributed by atoms with E-state index in [0.717, 1.165) is 25.7 Å². The van der Waals surface area contributed by atoms with Crippen LogP contribution in [0.2, 0.25) is 0 Å². The van der Waals surface area contributed by atoms with Crippen molar-refractivity contribution in [1.82, 2.24) is 9.80 Å². The fourth-order valence-electron chi connectivity index (χ4n) is 7.22. The van der Waals surface area contributed by atoms with E-state index in [4.69, 9.17) is 4.74 Å². The molecule has 4 rings (SSSR count). The number of carbonyl (C=O) groups excluding carboxylic acids is 3. The predicted octanol–water partition coefficient (Wildman–Crippen LogP) is 3.95. The smallest absolute Gasteiger partial charge is 0.311 e. The zero-order valence-electron chi connectivity index (χ0n) is 23.3. The normalized spacial score (nSPS) is 35.5. The number of aliphatic hydroxyl groups is 1. The minimum atomic E-state index is -0.882. The lowest BCUT2D eigenvalue weighted by Crippen LogP contribution is -2.58. The molecular weight excluding hydrogens is 488 g/mol. The maximum absolute atomic E-state index is 14.5. The van der Waals surface area contributed by atoms with Crippen molar-refractivity contribution in [3.8, 4) is 0 Å². The summed E-state index contributed by atoms with van der Waals surface area (Å²) in [6.07, 6.45) is 12.1. The number of nitrogens with zero attached hydrogens (tertiary/aromatic N) is 2. The first-order valence-electron chi connectivity index (χ1n) is 13.7. The van der Waals surface area contributed by atoms with Gasteiger partial charge in [0.15, 0.2) is 0 Å². The number of fused-ring (bicyclic) bond motifs is 2. The van der Waals surface area contributed by atoms with Crippen LogP contribution in [0.3, 0.4) is 0 Å². The molecule has 1 spiro atoms. The minimum absolute atomic E-state index is 0.00862. The fraction of sp³-hybridized carbons (Fsp3) is 0.759. The lowest BCUT2D eigenvalue weighted by Gasteiger charge is -2.44. The summed E-state index contributed by atoms with van der Waals surface area (Å²) in [7, 11) is 0. The molecule has 0 saturated carbocycles. The first kappa shape index (κ1) is 28.2. The van der Waals surface area contributed by atoms with Gasteiger partial charge in [0.2, 0.25) is 11.8 Å². The first-order chi connectivity index (χ1) is 17.3. The molecule has 7 nitrogen and oxygen atoms in total. The Kier molecular flexibility index (Phi) is 7.67. The molecule has 1 N–H and O–H groups in total. The van der Waals surface area contributed by atoms with Gasteiger partial charge in [0.25, 0.3) is 0 Å². The summed E-state index contributed by atoms with van der Waals surface area (Å²) in [5.74, 6) is -2.00. The number of carbonyl (C=O) groups is 3. The molecule has 0 aromatic rings. The van der Waals surface area contributed by atoms with Crippen LogP contribution in [0.25, 0.3) is 0 Å². The van der Waals surface area contributed by atoms with Crippen molar-refractivity contribution in [3.05, 3.63) is 24.3 Å². The van der Waals surface area contributed by atoms with Gasteiger partial charge in [-0.3, -0.25) is 14.4 Å². The molecule has 0 aromatic heterocycles. The quantitative estimate of drug-likeness (QED) is 0.426. The molecule has 0 radical (unpaired) electrons. The summed E-state index contributed by atoms with van der Waals surface area (Å²) < 4.78 is 4.17. The van der Waals surface area contributed by atoms with E-state index in [0.29, 0.717) is 19.6 Å². The average Bonchev–Trinajstić information content (AvgIpc) is 3.10. The third-order valence-corrected chi connectivity index (χ3v) is 10.0. The molecule has 2 saturated heterocycles. The number of ether oxygens (including phenoxy) is 1. The number of amides is 2. The minimum Gasteiger partial charge on any atom is -0.465 e. The van der Waals surface area contributed by atoms with Gasteiger partial charge in [-0.15, -0.1) is 11.8 Å². The van der Waals surface area contributed by atoms with Crippen molar-refractivity contribution >= 4 is 29.5 Å². The van der Waals surface area contributed by atoms with E-state index in [-0.39, 0.29) is 36.4 Å². The maximum atomic E-state index is 14.5. The largest absolute Gasteiger partial charge is 0.465 e. The number of esters is 1. The van der Waals surface area contributed by atoms with Crippen molar-refractivity contribution in [2.45, 2.75) is 94.7 Å². The van der Waals surface area contributed by atoms with Gasteiger partial charge in [0.1, 0.15) is 6.04 Å². The number of hydrogen-bond acceptors (Lipinski definition) is 6. The van der Waals surface area contributed by atoms with E-state index in [9.17, 15) is 19.5 Å². The van der Waals surface area contributed by atoms with Gasteiger partial charge in [0.05, 0.1) is 23.2 Å². The lowest BCUT2D eigenvalue weighted by atomic mass is 9.74.